The minimum Gasteiger partial charge on any atom is -0.456 e. The zero-order valence-electron chi connectivity index (χ0n) is 36.6. The highest BCUT2D eigenvalue weighted by molar-refractivity contribution is 6.13. The molecule has 13 aromatic rings. The van der Waals surface area contributed by atoms with Crippen molar-refractivity contribution < 1.29 is 4.42 Å². The van der Waals surface area contributed by atoms with E-state index in [1.54, 1.807) is 0 Å². The third-order valence-electron chi connectivity index (χ3n) is 13.4. The maximum Gasteiger partial charge on any atom is 0.137 e. The average Bonchev–Trinajstić information content (AvgIpc) is 3.96. The Morgan fingerprint density at radius 1 is 0.299 bits per heavy atom. The van der Waals surface area contributed by atoms with Gasteiger partial charge in [-0.2, -0.15) is 0 Å². The van der Waals surface area contributed by atoms with E-state index in [1.165, 1.54) is 66.0 Å². The Balaban J connectivity index is 0.836. The zero-order valence-corrected chi connectivity index (χ0v) is 36.6. The Kier molecular flexibility index (Phi) is 9.17. The highest BCUT2D eigenvalue weighted by Crippen LogP contribution is 2.44. The van der Waals surface area contributed by atoms with E-state index in [2.05, 4.69) is 252 Å². The Morgan fingerprint density at radius 3 is 1.43 bits per heavy atom. The number of hydrogen-bond acceptors (Lipinski definition) is 2. The fraction of sp³-hybridized carbons (Fsp3) is 0. The van der Waals surface area contributed by atoms with Crippen molar-refractivity contribution in [2.75, 3.05) is 4.90 Å². The van der Waals surface area contributed by atoms with E-state index < -0.39 is 0 Å². The van der Waals surface area contributed by atoms with Crippen molar-refractivity contribution in [1.82, 2.24) is 4.57 Å². The van der Waals surface area contributed by atoms with Crippen LogP contribution in [0.25, 0.3) is 105 Å². The number of anilines is 3. The first-order valence-electron chi connectivity index (χ1n) is 22.9. The van der Waals surface area contributed by atoms with Gasteiger partial charge < -0.3 is 13.9 Å². The monoisotopic (exact) mass is 854 g/mol. The first kappa shape index (κ1) is 38.5. The molecular weight excluding hydrogens is 813 g/mol. The standard InChI is InChI=1S/C64H42N2O/c1-2-13-48-41-52(31-30-43(48)12-1)50-15-9-14-49(40-50)47-34-38-54(39-35-47)65(61-23-11-25-63-64(61)58-20-5-8-24-62(58)67-63)53-36-32-45(33-37-53)44-26-28-46(29-27-44)51-16-10-17-55(42-51)66-59-21-6-3-18-56(59)57-19-4-7-22-60(57)66/h1-42H. The van der Waals surface area contributed by atoms with Gasteiger partial charge in [-0.1, -0.05) is 176 Å². The number of benzene rings is 11. The molecule has 0 aliphatic rings. The summed E-state index contributed by atoms with van der Waals surface area (Å²) in [6, 6.07) is 91.9. The number of furan rings is 1. The molecule has 0 amide bonds. The second-order valence-electron chi connectivity index (χ2n) is 17.3. The van der Waals surface area contributed by atoms with E-state index in [4.69, 9.17) is 4.42 Å². The third-order valence-corrected chi connectivity index (χ3v) is 13.4. The van der Waals surface area contributed by atoms with Crippen LogP contribution in [0.5, 0.6) is 0 Å². The van der Waals surface area contributed by atoms with Crippen molar-refractivity contribution in [2.24, 2.45) is 0 Å². The molecule has 0 saturated carbocycles. The van der Waals surface area contributed by atoms with Crippen LogP contribution in [0.2, 0.25) is 0 Å². The molecule has 0 aliphatic carbocycles. The Labute approximate surface area is 388 Å². The van der Waals surface area contributed by atoms with Crippen molar-refractivity contribution in [3.8, 4) is 50.2 Å². The molecule has 0 atom stereocenters. The number of para-hydroxylation sites is 3. The minimum atomic E-state index is 0.864. The molecule has 3 heteroatoms. The molecule has 11 aromatic carbocycles. The van der Waals surface area contributed by atoms with Gasteiger partial charge in [-0.15, -0.1) is 0 Å². The molecule has 0 aliphatic heterocycles. The smallest absolute Gasteiger partial charge is 0.137 e. The number of rotatable bonds is 8. The molecule has 13 rings (SSSR count). The van der Waals surface area contributed by atoms with Gasteiger partial charge in [-0.3, -0.25) is 0 Å². The quantitative estimate of drug-likeness (QED) is 0.152. The summed E-state index contributed by atoms with van der Waals surface area (Å²) in [7, 11) is 0. The Morgan fingerprint density at radius 2 is 0.761 bits per heavy atom. The molecular formula is C64H42N2O. The molecule has 0 bridgehead atoms. The molecule has 0 saturated heterocycles. The van der Waals surface area contributed by atoms with Crippen LogP contribution in [-0.4, -0.2) is 4.57 Å². The lowest BCUT2D eigenvalue weighted by Crippen LogP contribution is -2.10. The average molecular weight is 855 g/mol. The van der Waals surface area contributed by atoms with Crippen LogP contribution in [0.1, 0.15) is 0 Å². The molecule has 0 N–H and O–H groups in total. The predicted octanol–water partition coefficient (Wildman–Crippen LogP) is 18.0. The topological polar surface area (TPSA) is 21.3 Å². The van der Waals surface area contributed by atoms with Crippen LogP contribution >= 0.6 is 0 Å². The van der Waals surface area contributed by atoms with E-state index in [1.807, 2.05) is 12.1 Å². The minimum absolute atomic E-state index is 0.864. The van der Waals surface area contributed by atoms with Gasteiger partial charge >= 0.3 is 0 Å². The van der Waals surface area contributed by atoms with Gasteiger partial charge in [-0.05, 0) is 134 Å². The highest BCUT2D eigenvalue weighted by atomic mass is 16.3. The largest absolute Gasteiger partial charge is 0.456 e. The van der Waals surface area contributed by atoms with Crippen molar-refractivity contribution in [3.05, 3.63) is 255 Å². The van der Waals surface area contributed by atoms with E-state index >= 15 is 0 Å². The SMILES string of the molecule is c1cc(-c2ccc(N(c3ccc(-c4ccc(-c5cccc(-n6c7ccccc7c7ccccc76)c5)cc4)cc3)c3cccc4oc5ccccc5c34)cc2)cc(-c2ccc3ccccc3c2)c1. The van der Waals surface area contributed by atoms with E-state index in [9.17, 15) is 0 Å². The lowest BCUT2D eigenvalue weighted by atomic mass is 9.97. The van der Waals surface area contributed by atoms with Gasteiger partial charge in [0.2, 0.25) is 0 Å². The van der Waals surface area contributed by atoms with Gasteiger partial charge in [-0.25, -0.2) is 0 Å². The zero-order chi connectivity index (χ0) is 44.3. The summed E-state index contributed by atoms with van der Waals surface area (Å²) in [5.41, 5.74) is 17.9. The fourth-order valence-corrected chi connectivity index (χ4v) is 10.1. The van der Waals surface area contributed by atoms with Gasteiger partial charge in [0.05, 0.1) is 22.1 Å². The van der Waals surface area contributed by atoms with Crippen LogP contribution in [0.4, 0.5) is 17.1 Å². The van der Waals surface area contributed by atoms with Crippen LogP contribution in [0.15, 0.2) is 259 Å². The van der Waals surface area contributed by atoms with Gasteiger partial charge in [0.1, 0.15) is 11.2 Å². The van der Waals surface area contributed by atoms with Gasteiger partial charge in [0.15, 0.2) is 0 Å². The summed E-state index contributed by atoms with van der Waals surface area (Å²) in [5, 5.41) is 7.21. The Bertz CT molecular complexity index is 3920. The molecule has 2 heterocycles. The molecule has 0 fully saturated rings. The van der Waals surface area contributed by atoms with Crippen molar-refractivity contribution in [3.63, 3.8) is 0 Å². The molecule has 67 heavy (non-hydrogen) atoms. The maximum atomic E-state index is 6.41. The summed E-state index contributed by atoms with van der Waals surface area (Å²) < 4.78 is 8.79. The van der Waals surface area contributed by atoms with Gasteiger partial charge in [0.25, 0.3) is 0 Å². The molecule has 0 unspecified atom stereocenters. The maximum absolute atomic E-state index is 6.41. The lowest BCUT2D eigenvalue weighted by molar-refractivity contribution is 0.669. The van der Waals surface area contributed by atoms with E-state index in [0.717, 1.165) is 55.8 Å². The molecule has 0 spiro atoms. The number of nitrogens with zero attached hydrogens (tertiary/aromatic N) is 2. The van der Waals surface area contributed by atoms with Crippen LogP contribution < -0.4 is 4.90 Å². The molecule has 0 radical (unpaired) electrons. The first-order valence-corrected chi connectivity index (χ1v) is 22.9. The Hall–Kier alpha value is -8.92. The summed E-state index contributed by atoms with van der Waals surface area (Å²) in [4.78, 5) is 2.36. The summed E-state index contributed by atoms with van der Waals surface area (Å²) in [6.45, 7) is 0. The van der Waals surface area contributed by atoms with Crippen LogP contribution in [-0.2, 0) is 0 Å². The normalized spacial score (nSPS) is 11.6. The molecule has 2 aromatic heterocycles. The van der Waals surface area contributed by atoms with Crippen LogP contribution in [0, 0.1) is 0 Å². The van der Waals surface area contributed by atoms with Gasteiger partial charge in [0, 0.05) is 33.2 Å². The highest BCUT2D eigenvalue weighted by Gasteiger charge is 2.20. The predicted molar refractivity (Wildman–Crippen MR) is 282 cm³/mol. The molecule has 3 nitrogen and oxygen atoms in total. The fourth-order valence-electron chi connectivity index (χ4n) is 10.1. The summed E-state index contributed by atoms with van der Waals surface area (Å²) in [6.07, 6.45) is 0. The second-order valence-corrected chi connectivity index (χ2v) is 17.3. The molecule has 314 valence electrons. The summed E-state index contributed by atoms with van der Waals surface area (Å²) in [5.74, 6) is 0. The van der Waals surface area contributed by atoms with Crippen molar-refractivity contribution >= 4 is 71.6 Å². The lowest BCUT2D eigenvalue weighted by Gasteiger charge is -2.26. The van der Waals surface area contributed by atoms with Crippen molar-refractivity contribution in [1.29, 1.82) is 0 Å². The third kappa shape index (κ3) is 6.76. The van der Waals surface area contributed by atoms with Crippen molar-refractivity contribution in [2.45, 2.75) is 0 Å². The first-order chi connectivity index (χ1) is 33.2. The van der Waals surface area contributed by atoms with Crippen LogP contribution in [0.3, 0.4) is 0 Å². The second kappa shape index (κ2) is 16.0. The van der Waals surface area contributed by atoms with E-state index in [-0.39, 0.29) is 0 Å². The summed E-state index contributed by atoms with van der Waals surface area (Å²) >= 11 is 0. The number of fused-ring (bicyclic) bond motifs is 7. The van der Waals surface area contributed by atoms with E-state index in [0.29, 0.717) is 0 Å². The number of aromatic nitrogens is 1. The number of hydrogen-bond donors (Lipinski definition) is 0.